The number of hydrogen-bond acceptors (Lipinski definition) is 14. The summed E-state index contributed by atoms with van der Waals surface area (Å²) in [5, 5.41) is 11.9. The van der Waals surface area contributed by atoms with Crippen LogP contribution in [0, 0.1) is 35.5 Å². The SMILES string of the molecule is CO[C@H]([C@@H](C)C(=O)N[C@@H](Cc1ccc(OC(=O)N2CCC(Cn3nnc(CBr)c3CBr)CC2)cc1)C(=O)NS(=O)(=O)C1CC1)[C@@H]1CCCN1C(=O)C[C@@H](OC)[C@H](C(C)C)N(C)C(=O)[C@@H](CC(=O)[C@H](C(C)C)N(C)C)C(C)C. The number of Topliss-reactive ketones (excluding diaryl/α,β-unsaturated/α-hetero) is 1. The van der Waals surface area contributed by atoms with Gasteiger partial charge in [-0.15, -0.1) is 5.10 Å². The number of hydrogen-bond donors (Lipinski definition) is 2. The van der Waals surface area contributed by atoms with Crippen molar-refractivity contribution in [3.05, 3.63) is 41.2 Å². The minimum absolute atomic E-state index is 0.00440. The third-order valence-corrected chi connectivity index (χ3v) is 18.6. The highest BCUT2D eigenvalue weighted by atomic mass is 79.9. The van der Waals surface area contributed by atoms with Crippen LogP contribution in [-0.4, -0.2) is 175 Å². The van der Waals surface area contributed by atoms with E-state index in [1.807, 2.05) is 65.2 Å². The molecule has 23 heteroatoms. The Balaban J connectivity index is 1.24. The fourth-order valence-corrected chi connectivity index (χ4v) is 13.6. The molecule has 2 aliphatic heterocycles. The lowest BCUT2D eigenvalue weighted by Crippen LogP contribution is -2.55. The maximum Gasteiger partial charge on any atom is 0.415 e. The van der Waals surface area contributed by atoms with Crippen molar-refractivity contribution >= 4 is 77.4 Å². The molecule has 77 heavy (non-hydrogen) atoms. The predicted octanol–water partition coefficient (Wildman–Crippen LogP) is 5.96. The summed E-state index contributed by atoms with van der Waals surface area (Å²) in [6, 6.07) is 3.79. The van der Waals surface area contributed by atoms with E-state index in [0.717, 1.165) is 24.2 Å². The van der Waals surface area contributed by atoms with Crippen LogP contribution in [0.5, 0.6) is 5.75 Å². The molecule has 8 atom stereocenters. The highest BCUT2D eigenvalue weighted by Gasteiger charge is 2.44. The zero-order chi connectivity index (χ0) is 57.1. The molecule has 3 aliphatic rings. The lowest BCUT2D eigenvalue weighted by atomic mass is 9.84. The Morgan fingerprint density at radius 3 is 1.99 bits per heavy atom. The van der Waals surface area contributed by atoms with Gasteiger partial charge in [0.05, 0.1) is 59.3 Å². The van der Waals surface area contributed by atoms with Crippen molar-refractivity contribution in [2.75, 3.05) is 55.0 Å². The number of likely N-dealkylation sites (N-methyl/N-ethyl adjacent to an activating group) is 2. The highest BCUT2D eigenvalue weighted by Crippen LogP contribution is 2.32. The van der Waals surface area contributed by atoms with Gasteiger partial charge in [0.1, 0.15) is 11.8 Å². The van der Waals surface area contributed by atoms with E-state index in [0.29, 0.717) is 74.0 Å². The van der Waals surface area contributed by atoms with Crippen molar-refractivity contribution in [1.29, 1.82) is 0 Å². The summed E-state index contributed by atoms with van der Waals surface area (Å²) in [4.78, 5) is 90.8. The molecule has 432 valence electrons. The van der Waals surface area contributed by atoms with Gasteiger partial charge in [0.25, 0.3) is 5.91 Å². The van der Waals surface area contributed by atoms with Crippen molar-refractivity contribution in [2.45, 2.75) is 165 Å². The van der Waals surface area contributed by atoms with Crippen molar-refractivity contribution in [3.8, 4) is 5.75 Å². The number of likely N-dealkylation sites (tertiary alicyclic amines) is 2. The van der Waals surface area contributed by atoms with Gasteiger partial charge in [-0.25, -0.2) is 17.9 Å². The first-order chi connectivity index (χ1) is 36.4. The lowest BCUT2D eigenvalue weighted by Gasteiger charge is -2.40. The van der Waals surface area contributed by atoms with Crippen LogP contribution in [0.3, 0.4) is 0 Å². The standard InChI is InChI=1S/C54H85Br2N9O11S/c1-32(2)40(27-45(66)48(33(3)4)61(8)9)53(70)62(10)49(34(5)6)46(74-11)28-47(67)64-23-13-14-43(64)50(75-12)35(7)51(68)57-41(52(69)59-77(72,73)39-19-20-39)26-36-15-17-38(18-16-36)76-54(71)63-24-21-37(22-25-63)31-65-44(30-56)42(29-55)58-60-65/h15-18,32-35,37,39-41,43,46,48-50H,13-14,19-31H2,1-12H3,(H,57,68)(H,59,69)/t35-,40+,41+,43+,46-,48+,49+,50-/m1/s1. The Morgan fingerprint density at radius 2 is 1.45 bits per heavy atom. The molecule has 1 aliphatic carbocycles. The number of methoxy groups -OCH3 is 2. The maximum absolute atomic E-state index is 14.5. The molecule has 1 aromatic carbocycles. The van der Waals surface area contributed by atoms with E-state index < -0.39 is 75.4 Å². The monoisotopic (exact) mass is 1230 g/mol. The quantitative estimate of drug-likeness (QED) is 0.0937. The first-order valence-electron chi connectivity index (χ1n) is 27.1. The first-order valence-corrected chi connectivity index (χ1v) is 30.9. The number of nitrogens with one attached hydrogen (secondary N) is 2. The average molecular weight is 1230 g/mol. The van der Waals surface area contributed by atoms with E-state index in [2.05, 4.69) is 52.2 Å². The van der Waals surface area contributed by atoms with Gasteiger partial charge >= 0.3 is 6.09 Å². The fraction of sp³-hybridized carbons (Fsp3) is 0.741. The molecule has 1 saturated carbocycles. The predicted molar refractivity (Wildman–Crippen MR) is 300 cm³/mol. The third kappa shape index (κ3) is 16.8. The minimum atomic E-state index is -3.98. The van der Waals surface area contributed by atoms with Crippen LogP contribution < -0.4 is 14.8 Å². The van der Waals surface area contributed by atoms with Crippen molar-refractivity contribution in [2.24, 2.45) is 35.5 Å². The fourth-order valence-electron chi connectivity index (χ4n) is 11.2. The Hall–Kier alpha value is -4.03. The smallest absolute Gasteiger partial charge is 0.410 e. The number of ether oxygens (including phenoxy) is 3. The van der Waals surface area contributed by atoms with Crippen LogP contribution in [0.25, 0.3) is 0 Å². The number of carbonyl (C=O) groups is 6. The molecular weight excluding hydrogens is 1140 g/mol. The van der Waals surface area contributed by atoms with Crippen LogP contribution in [0.2, 0.25) is 0 Å². The Morgan fingerprint density at radius 1 is 0.805 bits per heavy atom. The van der Waals surface area contributed by atoms with Gasteiger partial charge in [-0.1, -0.05) is 97.7 Å². The number of benzene rings is 1. The zero-order valence-corrected chi connectivity index (χ0v) is 51.2. The number of sulfonamides is 1. The van der Waals surface area contributed by atoms with Crippen LogP contribution in [0.15, 0.2) is 24.3 Å². The normalized spacial score (nSPS) is 19.2. The minimum Gasteiger partial charge on any atom is -0.410 e. The molecule has 2 N–H and O–H groups in total. The molecular formula is C54H85Br2N9O11S. The Labute approximate surface area is 473 Å². The van der Waals surface area contributed by atoms with Crippen LogP contribution in [0.1, 0.15) is 117 Å². The number of carbonyl (C=O) groups excluding carboxylic acids is 6. The molecule has 0 radical (unpaired) electrons. The van der Waals surface area contributed by atoms with E-state index in [-0.39, 0.29) is 66.4 Å². The maximum atomic E-state index is 14.5. The van der Waals surface area contributed by atoms with E-state index in [1.165, 1.54) is 14.2 Å². The van der Waals surface area contributed by atoms with Gasteiger partial charge in [0.2, 0.25) is 27.7 Å². The van der Waals surface area contributed by atoms with Gasteiger partial charge in [0.15, 0.2) is 5.78 Å². The summed E-state index contributed by atoms with van der Waals surface area (Å²) < 4.78 is 47.9. The third-order valence-electron chi connectivity index (χ3n) is 15.7. The van der Waals surface area contributed by atoms with Crippen molar-refractivity contribution in [3.63, 3.8) is 0 Å². The lowest BCUT2D eigenvalue weighted by molar-refractivity contribution is -0.149. The zero-order valence-electron chi connectivity index (χ0n) is 47.2. The van der Waals surface area contributed by atoms with Crippen LogP contribution >= 0.6 is 31.9 Å². The Bertz CT molecular complexity index is 2420. The molecule has 5 rings (SSSR count). The summed E-state index contributed by atoms with van der Waals surface area (Å²) >= 11 is 7.00. The summed E-state index contributed by atoms with van der Waals surface area (Å²) in [6.45, 7) is 15.6. The van der Waals surface area contributed by atoms with E-state index in [4.69, 9.17) is 14.2 Å². The number of amides is 5. The van der Waals surface area contributed by atoms with Gasteiger partial charge in [-0.05, 0) is 94.0 Å². The van der Waals surface area contributed by atoms with E-state index in [9.17, 15) is 37.2 Å². The molecule has 1 aromatic heterocycles. The van der Waals surface area contributed by atoms with Gasteiger partial charge in [-0.3, -0.25) is 33.6 Å². The van der Waals surface area contributed by atoms with E-state index in [1.54, 1.807) is 52.9 Å². The summed E-state index contributed by atoms with van der Waals surface area (Å²) in [5.41, 5.74) is 2.48. The van der Waals surface area contributed by atoms with E-state index >= 15 is 0 Å². The molecule has 2 aromatic rings. The van der Waals surface area contributed by atoms with Gasteiger partial charge in [0, 0.05) is 76.9 Å². The van der Waals surface area contributed by atoms with Crippen LogP contribution in [0.4, 0.5) is 4.79 Å². The summed E-state index contributed by atoms with van der Waals surface area (Å²) in [5.74, 6) is -2.99. The number of alkyl halides is 2. The van der Waals surface area contributed by atoms with Crippen LogP contribution in [-0.2, 0) is 67.1 Å². The molecule has 2 saturated heterocycles. The number of piperidine rings is 1. The summed E-state index contributed by atoms with van der Waals surface area (Å²) in [6.07, 6.45) is 1.47. The highest BCUT2D eigenvalue weighted by molar-refractivity contribution is 9.09. The second-order valence-corrected chi connectivity index (χ2v) is 25.6. The van der Waals surface area contributed by atoms with Gasteiger partial charge in [-0.2, -0.15) is 0 Å². The number of aromatic nitrogens is 3. The summed E-state index contributed by atoms with van der Waals surface area (Å²) in [7, 11) is 4.46. The van der Waals surface area contributed by atoms with Crippen molar-refractivity contribution in [1.82, 2.24) is 44.6 Å². The molecule has 0 bridgehead atoms. The number of halogens is 2. The average Bonchev–Trinajstić information content (AvgIpc) is 4.03. The largest absolute Gasteiger partial charge is 0.415 e. The van der Waals surface area contributed by atoms with Gasteiger partial charge < -0.3 is 34.2 Å². The molecule has 0 unspecified atom stereocenters. The first kappa shape index (κ1) is 63.8. The topological polar surface area (TPSA) is 232 Å². The molecule has 20 nitrogen and oxygen atoms in total. The number of ketones is 1. The van der Waals surface area contributed by atoms with Crippen molar-refractivity contribution < 1.29 is 51.4 Å². The molecule has 5 amide bonds. The Kier molecular flexibility index (Phi) is 24.0. The second kappa shape index (κ2) is 28.9. The number of rotatable bonds is 28. The molecule has 0 spiro atoms. The molecule has 3 heterocycles. The second-order valence-electron chi connectivity index (χ2n) is 22.5. The molecule has 3 fully saturated rings. The number of nitrogens with zero attached hydrogens (tertiary/aromatic N) is 7.